The van der Waals surface area contributed by atoms with Crippen molar-refractivity contribution in [3.63, 3.8) is 0 Å². The van der Waals surface area contributed by atoms with Crippen molar-refractivity contribution in [2.75, 3.05) is 39.3 Å². The van der Waals surface area contributed by atoms with E-state index in [4.69, 9.17) is 9.41 Å². The van der Waals surface area contributed by atoms with Gasteiger partial charge in [0.15, 0.2) is 11.7 Å². The lowest BCUT2D eigenvalue weighted by molar-refractivity contribution is -0.122. The lowest BCUT2D eigenvalue weighted by Gasteiger charge is -2.36. The molecule has 2 fully saturated rings. The summed E-state index contributed by atoms with van der Waals surface area (Å²) >= 11 is 0. The number of aromatic nitrogens is 3. The third-order valence-electron chi connectivity index (χ3n) is 4.97. The molecule has 3 heterocycles. The largest absolute Gasteiger partial charge is 0.461 e. The molecule has 29 heavy (non-hydrogen) atoms. The van der Waals surface area contributed by atoms with E-state index in [2.05, 4.69) is 42.5 Å². The molecular weight excluding hydrogens is 372 g/mol. The van der Waals surface area contributed by atoms with Gasteiger partial charge in [0.1, 0.15) is 12.4 Å². The van der Waals surface area contributed by atoms with E-state index in [1.807, 2.05) is 12.1 Å². The summed E-state index contributed by atoms with van der Waals surface area (Å²) in [6, 6.07) is 4.05. The van der Waals surface area contributed by atoms with Crippen LogP contribution in [0.5, 0.6) is 0 Å². The Morgan fingerprint density at radius 3 is 2.86 bits per heavy atom. The Morgan fingerprint density at radius 2 is 2.17 bits per heavy atom. The van der Waals surface area contributed by atoms with Gasteiger partial charge in [-0.25, -0.2) is 9.98 Å². The van der Waals surface area contributed by atoms with Crippen molar-refractivity contribution >= 4 is 11.9 Å². The van der Waals surface area contributed by atoms with Gasteiger partial charge in [0, 0.05) is 38.8 Å². The fraction of sp³-hybridized carbons (Fsp3) is 0.579. The number of hydrogen-bond acceptors (Lipinski definition) is 6. The maximum Gasteiger partial charge on any atom is 0.234 e. The molecule has 1 aliphatic heterocycles. The number of nitrogens with one attached hydrogen (secondary N) is 3. The monoisotopic (exact) mass is 400 g/mol. The number of hydrogen-bond donors (Lipinski definition) is 3. The van der Waals surface area contributed by atoms with E-state index >= 15 is 0 Å². The first-order valence-electron chi connectivity index (χ1n) is 10.2. The van der Waals surface area contributed by atoms with Gasteiger partial charge >= 0.3 is 0 Å². The van der Waals surface area contributed by atoms with Gasteiger partial charge in [0.05, 0.1) is 12.8 Å². The summed E-state index contributed by atoms with van der Waals surface area (Å²) < 4.78 is 5.32. The number of carbonyl (C=O) groups excluding carboxylic acids is 1. The number of aromatic amines is 1. The van der Waals surface area contributed by atoms with Crippen LogP contribution in [0.1, 0.15) is 25.6 Å². The van der Waals surface area contributed by atoms with Crippen LogP contribution < -0.4 is 10.6 Å². The highest BCUT2D eigenvalue weighted by atomic mass is 16.3. The van der Waals surface area contributed by atoms with Crippen molar-refractivity contribution in [2.24, 2.45) is 4.99 Å². The second-order valence-electron chi connectivity index (χ2n) is 7.36. The topological polar surface area (TPSA) is 115 Å². The number of piperazine rings is 1. The molecule has 10 nitrogen and oxygen atoms in total. The average molecular weight is 400 g/mol. The van der Waals surface area contributed by atoms with Crippen LogP contribution in [-0.4, -0.2) is 82.2 Å². The first-order chi connectivity index (χ1) is 14.2. The number of H-pyrrole nitrogens is 1. The lowest BCUT2D eigenvalue weighted by Crippen LogP contribution is -2.54. The number of guanidine groups is 1. The summed E-state index contributed by atoms with van der Waals surface area (Å²) in [7, 11) is 0. The van der Waals surface area contributed by atoms with Crippen molar-refractivity contribution in [3.05, 3.63) is 24.2 Å². The lowest BCUT2D eigenvalue weighted by atomic mass is 10.3. The Morgan fingerprint density at radius 1 is 1.34 bits per heavy atom. The summed E-state index contributed by atoms with van der Waals surface area (Å²) in [6.45, 7) is 7.06. The molecule has 0 bridgehead atoms. The Hall–Kier alpha value is -2.88. The third kappa shape index (κ3) is 5.35. The summed E-state index contributed by atoms with van der Waals surface area (Å²) in [5.74, 6) is 2.83. The van der Waals surface area contributed by atoms with E-state index in [9.17, 15) is 4.79 Å². The molecule has 1 amide bonds. The van der Waals surface area contributed by atoms with Gasteiger partial charge in [0.2, 0.25) is 11.7 Å². The normalized spacial score (nSPS) is 18.1. The Balaban J connectivity index is 1.30. The molecule has 156 valence electrons. The molecule has 2 aromatic rings. The third-order valence-corrected chi connectivity index (χ3v) is 4.97. The van der Waals surface area contributed by atoms with E-state index in [0.717, 1.165) is 51.5 Å². The molecule has 1 saturated heterocycles. The molecule has 1 aliphatic carbocycles. The van der Waals surface area contributed by atoms with E-state index in [-0.39, 0.29) is 5.91 Å². The zero-order chi connectivity index (χ0) is 20.1. The minimum Gasteiger partial charge on any atom is -0.461 e. The molecule has 4 rings (SSSR count). The first-order valence-corrected chi connectivity index (χ1v) is 10.2. The minimum atomic E-state index is 0.138. The van der Waals surface area contributed by atoms with Gasteiger partial charge in [-0.15, -0.1) is 5.10 Å². The smallest absolute Gasteiger partial charge is 0.234 e. The molecule has 0 aromatic carbocycles. The predicted octanol–water partition coefficient (Wildman–Crippen LogP) is 0.426. The molecule has 2 aromatic heterocycles. The maximum atomic E-state index is 12.0. The van der Waals surface area contributed by atoms with Crippen molar-refractivity contribution in [1.82, 2.24) is 35.6 Å². The van der Waals surface area contributed by atoms with Crippen molar-refractivity contribution in [1.29, 1.82) is 0 Å². The number of nitrogens with zero attached hydrogens (tertiary/aromatic N) is 5. The van der Waals surface area contributed by atoms with Crippen molar-refractivity contribution < 1.29 is 9.21 Å². The Bertz CT molecular complexity index is 819. The maximum absolute atomic E-state index is 12.0. The molecule has 0 atom stereocenters. The van der Waals surface area contributed by atoms with Crippen LogP contribution in [0.3, 0.4) is 0 Å². The molecule has 0 radical (unpaired) electrons. The van der Waals surface area contributed by atoms with Gasteiger partial charge in [0.25, 0.3) is 0 Å². The van der Waals surface area contributed by atoms with Crippen molar-refractivity contribution in [2.45, 2.75) is 32.4 Å². The summed E-state index contributed by atoms with van der Waals surface area (Å²) in [5.41, 5.74) is 0. The van der Waals surface area contributed by atoms with Gasteiger partial charge in [-0.2, -0.15) is 0 Å². The van der Waals surface area contributed by atoms with E-state index in [0.29, 0.717) is 36.5 Å². The van der Waals surface area contributed by atoms with Crippen LogP contribution in [0, 0.1) is 0 Å². The van der Waals surface area contributed by atoms with E-state index in [1.54, 1.807) is 6.26 Å². The zero-order valence-corrected chi connectivity index (χ0v) is 16.7. The molecule has 0 unspecified atom stereocenters. The number of furan rings is 1. The molecule has 2 aliphatic rings. The SMILES string of the molecule is CCNC(=NCc1nc(-c2ccco2)n[nH]1)N1CCN(CC(=O)NC2CC2)CC1. The van der Waals surface area contributed by atoms with Gasteiger partial charge in [-0.1, -0.05) is 0 Å². The molecule has 0 spiro atoms. The second-order valence-corrected chi connectivity index (χ2v) is 7.36. The summed E-state index contributed by atoms with van der Waals surface area (Å²) in [4.78, 5) is 25.6. The fourth-order valence-corrected chi connectivity index (χ4v) is 3.28. The van der Waals surface area contributed by atoms with Gasteiger partial charge in [-0.05, 0) is 31.9 Å². The molecular formula is C19H28N8O2. The Kier molecular flexibility index (Phi) is 6.09. The highest BCUT2D eigenvalue weighted by molar-refractivity contribution is 5.80. The van der Waals surface area contributed by atoms with Crippen LogP contribution in [0.2, 0.25) is 0 Å². The minimum absolute atomic E-state index is 0.138. The Labute approximate surface area is 169 Å². The van der Waals surface area contributed by atoms with Gasteiger partial charge < -0.3 is 20.0 Å². The fourth-order valence-electron chi connectivity index (χ4n) is 3.28. The number of carbonyl (C=O) groups is 1. The van der Waals surface area contributed by atoms with Crippen molar-refractivity contribution in [3.8, 4) is 11.6 Å². The highest BCUT2D eigenvalue weighted by Gasteiger charge is 2.26. The summed E-state index contributed by atoms with van der Waals surface area (Å²) in [6.07, 6.45) is 3.84. The number of amides is 1. The number of rotatable bonds is 7. The van der Waals surface area contributed by atoms with Gasteiger partial charge in [-0.3, -0.25) is 14.8 Å². The van der Waals surface area contributed by atoms with Crippen LogP contribution in [0.4, 0.5) is 0 Å². The zero-order valence-electron chi connectivity index (χ0n) is 16.7. The molecule has 10 heteroatoms. The molecule has 3 N–H and O–H groups in total. The van der Waals surface area contributed by atoms with E-state index in [1.165, 1.54) is 0 Å². The standard InChI is InChI=1S/C19H28N8O2/c1-2-20-19(21-12-16-23-18(25-24-16)15-4-3-11-29-15)27-9-7-26(8-10-27)13-17(28)22-14-5-6-14/h3-4,11,14H,2,5-10,12-13H2,1H3,(H,20,21)(H,22,28)(H,23,24,25). The summed E-state index contributed by atoms with van der Waals surface area (Å²) in [5, 5.41) is 13.5. The average Bonchev–Trinajstić information content (AvgIpc) is 3.19. The first kappa shape index (κ1) is 19.4. The predicted molar refractivity (Wildman–Crippen MR) is 108 cm³/mol. The van der Waals surface area contributed by atoms with E-state index < -0.39 is 0 Å². The number of aliphatic imine (C=N–C) groups is 1. The highest BCUT2D eigenvalue weighted by Crippen LogP contribution is 2.18. The quantitative estimate of drug-likeness (QED) is 0.456. The van der Waals surface area contributed by atoms with Crippen LogP contribution in [0.25, 0.3) is 11.6 Å². The van der Waals surface area contributed by atoms with Crippen LogP contribution >= 0.6 is 0 Å². The molecule has 1 saturated carbocycles. The second kappa shape index (κ2) is 9.08. The van der Waals surface area contributed by atoms with Crippen LogP contribution in [-0.2, 0) is 11.3 Å². The van der Waals surface area contributed by atoms with Crippen LogP contribution in [0.15, 0.2) is 27.8 Å².